The molecule has 1 aromatic rings. The van der Waals surface area contributed by atoms with Gasteiger partial charge < -0.3 is 20.1 Å². The molecule has 0 aliphatic carbocycles. The predicted molar refractivity (Wildman–Crippen MR) is 124 cm³/mol. The summed E-state index contributed by atoms with van der Waals surface area (Å²) in [6.07, 6.45) is 6.15. The van der Waals surface area contributed by atoms with E-state index in [-0.39, 0.29) is 29.4 Å². The average molecular weight is 520 g/mol. The molecule has 2 N–H and O–H groups in total. The van der Waals surface area contributed by atoms with E-state index in [0.717, 1.165) is 63.0 Å². The Kier molecular flexibility index (Phi) is 7.87. The minimum Gasteiger partial charge on any atom is -0.381 e. The Morgan fingerprint density at radius 1 is 1.29 bits per heavy atom. The minimum atomic E-state index is -0.0172. The second-order valence-corrected chi connectivity index (χ2v) is 8.40. The molecular weight excluding hydrogens is 489 g/mol. The highest BCUT2D eigenvalue weighted by Crippen LogP contribution is 2.37. The number of benzene rings is 1. The molecule has 0 spiro atoms. The fraction of sp³-hybridized carbons (Fsp3) is 0.667. The Hall–Kier alpha value is -0.570. The lowest BCUT2D eigenvalue weighted by Crippen LogP contribution is -2.48. The van der Waals surface area contributed by atoms with Gasteiger partial charge in [-0.1, -0.05) is 23.7 Å². The van der Waals surface area contributed by atoms with E-state index in [1.807, 2.05) is 12.1 Å². The van der Waals surface area contributed by atoms with Crippen molar-refractivity contribution in [1.82, 2.24) is 10.6 Å². The Morgan fingerprint density at radius 3 is 2.75 bits per heavy atom. The zero-order valence-electron chi connectivity index (χ0n) is 16.5. The van der Waals surface area contributed by atoms with Crippen LogP contribution in [0, 0.1) is 0 Å². The number of hydrogen-bond donors (Lipinski definition) is 2. The second-order valence-electron chi connectivity index (χ2n) is 7.96. The Balaban J connectivity index is 0.00000225. The molecule has 3 atom stereocenters. The largest absolute Gasteiger partial charge is 0.381 e. The normalized spacial score (nSPS) is 28.6. The molecule has 0 saturated carbocycles. The number of rotatable bonds is 5. The van der Waals surface area contributed by atoms with Crippen molar-refractivity contribution in [2.75, 3.05) is 26.3 Å². The van der Waals surface area contributed by atoms with Gasteiger partial charge in [-0.25, -0.2) is 0 Å². The van der Waals surface area contributed by atoms with Gasteiger partial charge in [0.2, 0.25) is 0 Å². The van der Waals surface area contributed by atoms with Crippen molar-refractivity contribution in [1.29, 1.82) is 0 Å². The maximum Gasteiger partial charge on any atom is 0.191 e. The molecule has 1 aromatic carbocycles. The van der Waals surface area contributed by atoms with Gasteiger partial charge >= 0.3 is 0 Å². The topological polar surface area (TPSA) is 54.9 Å². The molecule has 156 valence electrons. The third-order valence-electron chi connectivity index (χ3n) is 6.20. The maximum atomic E-state index is 6.28. The molecule has 3 saturated heterocycles. The summed E-state index contributed by atoms with van der Waals surface area (Å²) in [6.45, 7) is 5.22. The standard InChI is InChI=1S/C21H30ClN3O2.HI/c1-2-23-20(25-18-13-17-6-7-19(18)27-17)24-14-21(8-10-26-11-9-21)15-4-3-5-16(22)12-15;/h3-5,12,17-19H,2,6-11,13-14H2,1H3,(H2,23,24,25);1H. The average Bonchev–Trinajstić information content (AvgIpc) is 3.30. The molecule has 0 amide bonds. The first-order valence-electron chi connectivity index (χ1n) is 10.2. The van der Waals surface area contributed by atoms with Crippen LogP contribution in [0.3, 0.4) is 0 Å². The van der Waals surface area contributed by atoms with Crippen LogP contribution in [0.25, 0.3) is 0 Å². The second kappa shape index (κ2) is 9.96. The van der Waals surface area contributed by atoms with Crippen LogP contribution in [0.5, 0.6) is 0 Å². The first kappa shape index (κ1) is 22.1. The molecule has 0 radical (unpaired) electrons. The van der Waals surface area contributed by atoms with Crippen molar-refractivity contribution in [2.24, 2.45) is 4.99 Å². The van der Waals surface area contributed by atoms with Crippen molar-refractivity contribution in [3.8, 4) is 0 Å². The van der Waals surface area contributed by atoms with Crippen molar-refractivity contribution in [3.05, 3.63) is 34.9 Å². The van der Waals surface area contributed by atoms with E-state index in [1.165, 1.54) is 12.0 Å². The highest BCUT2D eigenvalue weighted by molar-refractivity contribution is 14.0. The van der Waals surface area contributed by atoms with Gasteiger partial charge in [-0.3, -0.25) is 4.99 Å². The Morgan fingerprint density at radius 2 is 2.11 bits per heavy atom. The number of nitrogens with one attached hydrogen (secondary N) is 2. The summed E-state index contributed by atoms with van der Waals surface area (Å²) in [5, 5.41) is 7.82. The number of ether oxygens (including phenoxy) is 2. The molecule has 0 aromatic heterocycles. The van der Waals surface area contributed by atoms with Gasteiger partial charge in [0.15, 0.2) is 5.96 Å². The van der Waals surface area contributed by atoms with Crippen LogP contribution in [0.4, 0.5) is 0 Å². The van der Waals surface area contributed by atoms with Crippen LogP contribution in [0.2, 0.25) is 5.02 Å². The lowest BCUT2D eigenvalue weighted by atomic mass is 9.74. The first-order valence-corrected chi connectivity index (χ1v) is 10.6. The molecule has 3 unspecified atom stereocenters. The summed E-state index contributed by atoms with van der Waals surface area (Å²) in [5.74, 6) is 0.895. The molecule has 3 aliphatic rings. The van der Waals surface area contributed by atoms with E-state index in [9.17, 15) is 0 Å². The van der Waals surface area contributed by atoms with Crippen LogP contribution in [0.1, 0.15) is 44.6 Å². The summed E-state index contributed by atoms with van der Waals surface area (Å²) in [5.41, 5.74) is 1.25. The van der Waals surface area contributed by atoms with Gasteiger partial charge in [0.25, 0.3) is 0 Å². The van der Waals surface area contributed by atoms with Gasteiger partial charge in [-0.05, 0) is 56.7 Å². The molecule has 5 nitrogen and oxygen atoms in total. The summed E-state index contributed by atoms with van der Waals surface area (Å²) >= 11 is 6.28. The molecule has 28 heavy (non-hydrogen) atoms. The third-order valence-corrected chi connectivity index (χ3v) is 6.43. The van der Waals surface area contributed by atoms with E-state index in [2.05, 4.69) is 29.7 Å². The van der Waals surface area contributed by atoms with Crippen molar-refractivity contribution < 1.29 is 9.47 Å². The molecule has 3 heterocycles. The highest BCUT2D eigenvalue weighted by Gasteiger charge is 2.41. The number of aliphatic imine (C=N–C) groups is 1. The van der Waals surface area contributed by atoms with Gasteiger partial charge in [-0.15, -0.1) is 24.0 Å². The van der Waals surface area contributed by atoms with E-state index in [4.69, 9.17) is 26.1 Å². The van der Waals surface area contributed by atoms with Gasteiger partial charge in [0.1, 0.15) is 0 Å². The van der Waals surface area contributed by atoms with Crippen LogP contribution in [-0.4, -0.2) is 50.5 Å². The van der Waals surface area contributed by atoms with Crippen molar-refractivity contribution >= 4 is 41.5 Å². The lowest BCUT2D eigenvalue weighted by Gasteiger charge is -2.37. The number of nitrogens with zero attached hydrogens (tertiary/aromatic N) is 1. The maximum absolute atomic E-state index is 6.28. The Bertz CT molecular complexity index is 681. The fourth-order valence-electron chi connectivity index (χ4n) is 4.63. The number of fused-ring (bicyclic) bond motifs is 2. The quantitative estimate of drug-likeness (QED) is 0.352. The molecule has 7 heteroatoms. The number of guanidine groups is 1. The molecule has 4 rings (SSSR count). The van der Waals surface area contributed by atoms with Crippen LogP contribution in [0.15, 0.2) is 29.3 Å². The molecule has 2 bridgehead atoms. The zero-order chi connectivity index (χ0) is 18.7. The minimum absolute atomic E-state index is 0. The smallest absolute Gasteiger partial charge is 0.191 e. The van der Waals surface area contributed by atoms with Crippen molar-refractivity contribution in [3.63, 3.8) is 0 Å². The Labute approximate surface area is 190 Å². The lowest BCUT2D eigenvalue weighted by molar-refractivity contribution is 0.0531. The third kappa shape index (κ3) is 4.94. The van der Waals surface area contributed by atoms with E-state index < -0.39 is 0 Å². The van der Waals surface area contributed by atoms with Crippen LogP contribution < -0.4 is 10.6 Å². The van der Waals surface area contributed by atoms with Crippen LogP contribution in [-0.2, 0) is 14.9 Å². The molecule has 3 aliphatic heterocycles. The van der Waals surface area contributed by atoms with Gasteiger partial charge in [0.05, 0.1) is 24.8 Å². The summed E-state index contributed by atoms with van der Waals surface area (Å²) in [7, 11) is 0. The molecule has 3 fully saturated rings. The van der Waals surface area contributed by atoms with E-state index in [1.54, 1.807) is 0 Å². The number of halogens is 2. The summed E-state index contributed by atoms with van der Waals surface area (Å²) in [4.78, 5) is 5.00. The van der Waals surface area contributed by atoms with Gasteiger partial charge in [0, 0.05) is 30.2 Å². The highest BCUT2D eigenvalue weighted by atomic mass is 127. The van der Waals surface area contributed by atoms with E-state index in [0.29, 0.717) is 18.2 Å². The fourth-order valence-corrected chi connectivity index (χ4v) is 4.82. The van der Waals surface area contributed by atoms with Crippen molar-refractivity contribution in [2.45, 2.75) is 62.7 Å². The number of hydrogen-bond acceptors (Lipinski definition) is 3. The SMILES string of the molecule is CCNC(=NCC1(c2cccc(Cl)c2)CCOCC1)NC1CC2CCC1O2.I. The van der Waals surface area contributed by atoms with E-state index >= 15 is 0 Å². The molecular formula is C21H31ClIN3O2. The van der Waals surface area contributed by atoms with Gasteiger partial charge in [-0.2, -0.15) is 0 Å². The zero-order valence-corrected chi connectivity index (χ0v) is 19.5. The monoisotopic (exact) mass is 519 g/mol. The first-order chi connectivity index (χ1) is 13.2. The van der Waals surface area contributed by atoms with Crippen LogP contribution >= 0.6 is 35.6 Å². The summed E-state index contributed by atoms with van der Waals surface area (Å²) < 4.78 is 11.6. The predicted octanol–water partition coefficient (Wildman–Crippen LogP) is 3.88. The summed E-state index contributed by atoms with van der Waals surface area (Å²) in [6, 6.07) is 8.61.